The van der Waals surface area contributed by atoms with E-state index in [1.165, 1.54) is 4.40 Å². The summed E-state index contributed by atoms with van der Waals surface area (Å²) in [5, 5.41) is 7.14. The molecule has 1 amide bonds. The molecule has 5 rings (SSSR count). The third-order valence-corrected chi connectivity index (χ3v) is 5.23. The van der Waals surface area contributed by atoms with Crippen molar-refractivity contribution in [2.75, 3.05) is 5.32 Å². The maximum atomic E-state index is 13.2. The van der Waals surface area contributed by atoms with Crippen LogP contribution in [0.1, 0.15) is 0 Å². The van der Waals surface area contributed by atoms with Crippen molar-refractivity contribution in [3.8, 4) is 11.6 Å². The van der Waals surface area contributed by atoms with Gasteiger partial charge in [0.25, 0.3) is 5.88 Å². The van der Waals surface area contributed by atoms with E-state index < -0.39 is 5.69 Å². The number of ether oxygens (including phenoxy) is 1. The molecule has 0 unspecified atom stereocenters. The summed E-state index contributed by atoms with van der Waals surface area (Å²) in [6.45, 7) is -0.258. The van der Waals surface area contributed by atoms with Crippen LogP contribution in [-0.4, -0.2) is 25.1 Å². The normalized spacial score (nSPS) is 11.0. The Morgan fingerprint density at radius 1 is 1.00 bits per heavy atom. The molecule has 0 fully saturated rings. The molecule has 0 aliphatic carbocycles. The van der Waals surface area contributed by atoms with Crippen molar-refractivity contribution in [2.24, 2.45) is 0 Å². The Kier molecular flexibility index (Phi) is 5.16. The van der Waals surface area contributed by atoms with Crippen LogP contribution in [0.25, 0.3) is 16.7 Å². The number of hydrogen-bond donors (Lipinski definition) is 1. The van der Waals surface area contributed by atoms with Crippen LogP contribution in [0.4, 0.5) is 5.69 Å². The van der Waals surface area contributed by atoms with Gasteiger partial charge in [0.05, 0.1) is 11.0 Å². The van der Waals surface area contributed by atoms with Gasteiger partial charge in [-0.2, -0.15) is 0 Å². The molecule has 9 heteroatoms. The number of aromatic nitrogens is 4. The Morgan fingerprint density at radius 2 is 1.78 bits per heavy atom. The zero-order valence-corrected chi connectivity index (χ0v) is 18.2. The lowest BCUT2D eigenvalue weighted by Crippen LogP contribution is -2.28. The van der Waals surface area contributed by atoms with E-state index >= 15 is 0 Å². The number of amides is 1. The number of halogens is 1. The molecular weight excluding hydrogens is 474 g/mol. The number of nitrogens with one attached hydrogen (secondary N) is 1. The molecule has 0 radical (unpaired) electrons. The third kappa shape index (κ3) is 3.85. The van der Waals surface area contributed by atoms with Gasteiger partial charge in [-0.15, -0.1) is 5.10 Å². The van der Waals surface area contributed by atoms with Crippen molar-refractivity contribution in [3.05, 3.63) is 93.8 Å². The van der Waals surface area contributed by atoms with Gasteiger partial charge in [-0.05, 0) is 42.5 Å². The Labute approximate surface area is 190 Å². The summed E-state index contributed by atoms with van der Waals surface area (Å²) < 4.78 is 9.28. The molecule has 1 N–H and O–H groups in total. The first-order valence-electron chi connectivity index (χ1n) is 9.75. The molecular formula is C23H16BrN5O3. The molecule has 5 aromatic rings. The second-order valence-electron chi connectivity index (χ2n) is 6.98. The van der Waals surface area contributed by atoms with Gasteiger partial charge in [0.1, 0.15) is 12.3 Å². The quantitative estimate of drug-likeness (QED) is 0.398. The minimum atomic E-state index is -0.457. The molecule has 0 bridgehead atoms. The summed E-state index contributed by atoms with van der Waals surface area (Å²) in [5.41, 5.74) is 1.54. The number of benzene rings is 3. The predicted molar refractivity (Wildman–Crippen MR) is 124 cm³/mol. The van der Waals surface area contributed by atoms with E-state index in [0.29, 0.717) is 22.5 Å². The summed E-state index contributed by atoms with van der Waals surface area (Å²) in [7, 11) is 0. The Balaban J connectivity index is 1.56. The lowest BCUT2D eigenvalue weighted by Gasteiger charge is -2.07. The molecule has 0 saturated carbocycles. The van der Waals surface area contributed by atoms with Crippen LogP contribution >= 0.6 is 15.9 Å². The summed E-state index contributed by atoms with van der Waals surface area (Å²) in [6.07, 6.45) is 0. The first-order valence-corrected chi connectivity index (χ1v) is 10.5. The van der Waals surface area contributed by atoms with Crippen LogP contribution in [0.2, 0.25) is 0 Å². The van der Waals surface area contributed by atoms with Crippen LogP contribution in [0, 0.1) is 0 Å². The number of rotatable bonds is 5. The Bertz CT molecular complexity index is 1510. The van der Waals surface area contributed by atoms with Gasteiger partial charge in [-0.1, -0.05) is 52.3 Å². The molecule has 158 valence electrons. The van der Waals surface area contributed by atoms with E-state index in [2.05, 4.69) is 31.3 Å². The lowest BCUT2D eigenvalue weighted by atomic mass is 10.3. The molecule has 0 saturated heterocycles. The number of para-hydroxylation sites is 3. The van der Waals surface area contributed by atoms with Crippen LogP contribution < -0.4 is 15.7 Å². The molecule has 32 heavy (non-hydrogen) atoms. The van der Waals surface area contributed by atoms with Gasteiger partial charge in [0.2, 0.25) is 11.6 Å². The zero-order valence-electron chi connectivity index (χ0n) is 16.6. The fourth-order valence-electron chi connectivity index (χ4n) is 3.34. The van der Waals surface area contributed by atoms with E-state index in [-0.39, 0.29) is 24.0 Å². The van der Waals surface area contributed by atoms with Crippen molar-refractivity contribution >= 4 is 44.2 Å². The molecule has 8 nitrogen and oxygen atoms in total. The maximum absolute atomic E-state index is 13.2. The summed E-state index contributed by atoms with van der Waals surface area (Å²) in [5.74, 6) is 0.362. The predicted octanol–water partition coefficient (Wildman–Crippen LogP) is 4.24. The number of carbonyl (C=O) groups is 1. The lowest BCUT2D eigenvalue weighted by molar-refractivity contribution is -0.117. The van der Waals surface area contributed by atoms with Crippen LogP contribution in [0.15, 0.2) is 88.1 Å². The minimum Gasteiger partial charge on any atom is -0.436 e. The first-order chi connectivity index (χ1) is 15.6. The molecule has 2 aromatic heterocycles. The monoisotopic (exact) mass is 489 g/mol. The third-order valence-electron chi connectivity index (χ3n) is 4.73. The molecule has 0 aliphatic rings. The second kappa shape index (κ2) is 8.27. The highest BCUT2D eigenvalue weighted by Crippen LogP contribution is 2.25. The highest BCUT2D eigenvalue weighted by atomic mass is 79.9. The fraction of sp³-hybridized carbons (Fsp3) is 0.0435. The van der Waals surface area contributed by atoms with Gasteiger partial charge in [-0.3, -0.25) is 4.79 Å². The minimum absolute atomic E-state index is 0.179. The van der Waals surface area contributed by atoms with Crippen LogP contribution in [0.3, 0.4) is 0 Å². The van der Waals surface area contributed by atoms with E-state index in [1.807, 2.05) is 42.5 Å². The van der Waals surface area contributed by atoms with Gasteiger partial charge >= 0.3 is 5.69 Å². The van der Waals surface area contributed by atoms with Gasteiger partial charge in [0.15, 0.2) is 0 Å². The van der Waals surface area contributed by atoms with Gasteiger partial charge in [0, 0.05) is 10.2 Å². The second-order valence-corrected chi connectivity index (χ2v) is 7.89. The number of hydrogen-bond acceptors (Lipinski definition) is 5. The van der Waals surface area contributed by atoms with Crippen molar-refractivity contribution in [3.63, 3.8) is 0 Å². The summed E-state index contributed by atoms with van der Waals surface area (Å²) in [4.78, 5) is 30.3. The van der Waals surface area contributed by atoms with Crippen molar-refractivity contribution in [1.29, 1.82) is 0 Å². The Hall–Kier alpha value is -3.98. The first kappa shape index (κ1) is 20.0. The smallest absolute Gasteiger partial charge is 0.351 e. The largest absolute Gasteiger partial charge is 0.436 e. The van der Waals surface area contributed by atoms with Crippen LogP contribution in [-0.2, 0) is 11.3 Å². The molecule has 0 aliphatic heterocycles. The van der Waals surface area contributed by atoms with Gasteiger partial charge < -0.3 is 10.1 Å². The number of fused-ring (bicyclic) bond motifs is 3. The van der Waals surface area contributed by atoms with Crippen molar-refractivity contribution < 1.29 is 9.53 Å². The number of nitrogens with zero attached hydrogens (tertiary/aromatic N) is 4. The van der Waals surface area contributed by atoms with Crippen LogP contribution in [0.5, 0.6) is 11.6 Å². The Morgan fingerprint density at radius 3 is 2.59 bits per heavy atom. The average molecular weight is 490 g/mol. The number of anilines is 1. The highest BCUT2D eigenvalue weighted by Gasteiger charge is 2.19. The van der Waals surface area contributed by atoms with E-state index in [4.69, 9.17) is 4.74 Å². The molecule has 2 heterocycles. The molecule has 0 atom stereocenters. The maximum Gasteiger partial charge on any atom is 0.351 e. The fourth-order valence-corrected chi connectivity index (χ4v) is 3.74. The SMILES string of the molecule is O=C(Cn1nc2c(Oc3ccccc3)nc3ccccc3n2c1=O)Nc1cccc(Br)c1. The molecule has 0 spiro atoms. The highest BCUT2D eigenvalue weighted by molar-refractivity contribution is 9.10. The van der Waals surface area contributed by atoms with Crippen molar-refractivity contribution in [1.82, 2.24) is 19.2 Å². The van der Waals surface area contributed by atoms with Gasteiger partial charge in [-0.25, -0.2) is 18.9 Å². The topological polar surface area (TPSA) is 90.5 Å². The van der Waals surface area contributed by atoms with E-state index in [9.17, 15) is 9.59 Å². The van der Waals surface area contributed by atoms with Crippen molar-refractivity contribution in [2.45, 2.75) is 6.54 Å². The summed E-state index contributed by atoms with van der Waals surface area (Å²) >= 11 is 3.37. The summed E-state index contributed by atoms with van der Waals surface area (Å²) in [6, 6.07) is 23.5. The zero-order chi connectivity index (χ0) is 22.1. The number of carbonyl (C=O) groups excluding carboxylic acids is 1. The van der Waals surface area contributed by atoms with E-state index in [1.54, 1.807) is 36.4 Å². The molecule has 3 aromatic carbocycles. The standard InChI is InChI=1S/C23H16BrN5O3/c24-15-7-6-8-16(13-15)25-20(30)14-28-23(31)29-19-12-5-4-11-18(19)26-22(21(29)27-28)32-17-9-2-1-3-10-17/h1-13H,14H2,(H,25,30). The van der Waals surface area contributed by atoms with E-state index in [0.717, 1.165) is 9.15 Å². The average Bonchev–Trinajstić information content (AvgIpc) is 3.11.